The Hall–Kier alpha value is -2.55. The van der Waals surface area contributed by atoms with E-state index in [1.54, 1.807) is 23.5 Å². The molecule has 9 heteroatoms. The molecule has 0 aliphatic rings. The van der Waals surface area contributed by atoms with Gasteiger partial charge in [-0.1, -0.05) is 12.1 Å². The van der Waals surface area contributed by atoms with Gasteiger partial charge in [0.1, 0.15) is 0 Å². The van der Waals surface area contributed by atoms with Gasteiger partial charge in [-0.25, -0.2) is 9.59 Å². The molecular formula is C12H13N3O5S. The zero-order valence-corrected chi connectivity index (χ0v) is 11.6. The number of esters is 1. The first-order valence-electron chi connectivity index (χ1n) is 5.66. The fraction of sp³-hybridized carbons (Fsp3) is 0.167. The van der Waals surface area contributed by atoms with Crippen molar-refractivity contribution in [3.63, 3.8) is 0 Å². The zero-order valence-electron chi connectivity index (χ0n) is 10.8. The quantitative estimate of drug-likeness (QED) is 0.483. The highest BCUT2D eigenvalue weighted by atomic mass is 32.2. The molecule has 112 valence electrons. The largest absolute Gasteiger partial charge is 0.452 e. The fourth-order valence-electron chi connectivity index (χ4n) is 1.29. The zero-order chi connectivity index (χ0) is 15.8. The molecule has 5 N–H and O–H groups in total. The highest BCUT2D eigenvalue weighted by molar-refractivity contribution is 8.00. The molecule has 0 bridgehead atoms. The summed E-state index contributed by atoms with van der Waals surface area (Å²) < 4.78 is 4.75. The van der Waals surface area contributed by atoms with Gasteiger partial charge in [-0.15, -0.1) is 11.8 Å². The molecule has 0 atom stereocenters. The number of nitrogens with two attached hydrogens (primary N) is 2. The molecule has 0 saturated heterocycles. The van der Waals surface area contributed by atoms with E-state index in [-0.39, 0.29) is 11.3 Å². The van der Waals surface area contributed by atoms with E-state index in [4.69, 9.17) is 16.2 Å². The first kappa shape index (κ1) is 16.5. The monoisotopic (exact) mass is 311 g/mol. The number of amides is 4. The molecule has 0 unspecified atom stereocenters. The lowest BCUT2D eigenvalue weighted by molar-refractivity contribution is -0.123. The molecule has 0 spiro atoms. The van der Waals surface area contributed by atoms with Gasteiger partial charge in [0.15, 0.2) is 6.61 Å². The van der Waals surface area contributed by atoms with E-state index < -0.39 is 30.4 Å². The molecule has 0 aliphatic heterocycles. The molecule has 0 fully saturated rings. The summed E-state index contributed by atoms with van der Waals surface area (Å²) in [7, 11) is 0. The number of hydrogen-bond acceptors (Lipinski definition) is 6. The van der Waals surface area contributed by atoms with Gasteiger partial charge in [-0.2, -0.15) is 0 Å². The maximum Gasteiger partial charge on any atom is 0.339 e. The predicted molar refractivity (Wildman–Crippen MR) is 74.4 cm³/mol. The lowest BCUT2D eigenvalue weighted by atomic mass is 10.2. The van der Waals surface area contributed by atoms with Crippen LogP contribution in [0.15, 0.2) is 29.2 Å². The van der Waals surface area contributed by atoms with Crippen LogP contribution in [0, 0.1) is 0 Å². The molecule has 1 rings (SSSR count). The first-order valence-corrected chi connectivity index (χ1v) is 6.65. The second-order valence-electron chi connectivity index (χ2n) is 3.74. The van der Waals surface area contributed by atoms with E-state index in [1.807, 2.05) is 0 Å². The van der Waals surface area contributed by atoms with Crippen LogP contribution in [0.4, 0.5) is 4.79 Å². The van der Waals surface area contributed by atoms with Crippen molar-refractivity contribution in [2.75, 3.05) is 12.4 Å². The maximum atomic E-state index is 11.9. The van der Waals surface area contributed by atoms with Gasteiger partial charge in [0.25, 0.3) is 5.91 Å². The smallest absolute Gasteiger partial charge is 0.339 e. The molecule has 0 saturated carbocycles. The third kappa shape index (κ3) is 5.95. The van der Waals surface area contributed by atoms with Crippen molar-refractivity contribution in [2.24, 2.45) is 11.5 Å². The van der Waals surface area contributed by atoms with Crippen LogP contribution in [-0.4, -0.2) is 36.2 Å². The second kappa shape index (κ2) is 7.90. The van der Waals surface area contributed by atoms with Crippen molar-refractivity contribution in [2.45, 2.75) is 4.90 Å². The van der Waals surface area contributed by atoms with Gasteiger partial charge >= 0.3 is 12.0 Å². The van der Waals surface area contributed by atoms with Crippen LogP contribution >= 0.6 is 11.8 Å². The number of thioether (sulfide) groups is 1. The summed E-state index contributed by atoms with van der Waals surface area (Å²) in [6.45, 7) is -0.642. The molecular weight excluding hydrogens is 298 g/mol. The Morgan fingerprint density at radius 3 is 2.43 bits per heavy atom. The molecule has 0 aliphatic carbocycles. The summed E-state index contributed by atoms with van der Waals surface area (Å²) in [5.41, 5.74) is 9.97. The number of carbonyl (C=O) groups is 4. The Kier molecular flexibility index (Phi) is 6.21. The minimum Gasteiger partial charge on any atom is -0.452 e. The number of rotatable bonds is 6. The van der Waals surface area contributed by atoms with E-state index in [2.05, 4.69) is 0 Å². The van der Waals surface area contributed by atoms with Crippen LogP contribution in [0.1, 0.15) is 10.4 Å². The topological polar surface area (TPSA) is 142 Å². The Bertz CT molecular complexity index is 576. The molecule has 0 aromatic heterocycles. The average molecular weight is 311 g/mol. The van der Waals surface area contributed by atoms with E-state index in [9.17, 15) is 19.2 Å². The standard InChI is InChI=1S/C12H13N3O5S/c13-9(16)6-21-8-4-2-1-3-7(8)11(18)20-5-10(17)15-12(14)19/h1-4H,5-6H2,(H2,13,16)(H3,14,15,17,19). The number of carbonyl (C=O) groups excluding carboxylic acids is 4. The van der Waals surface area contributed by atoms with Crippen molar-refractivity contribution in [1.29, 1.82) is 0 Å². The Labute approximate surface area is 124 Å². The van der Waals surface area contributed by atoms with Crippen molar-refractivity contribution < 1.29 is 23.9 Å². The van der Waals surface area contributed by atoms with Crippen molar-refractivity contribution in [1.82, 2.24) is 5.32 Å². The summed E-state index contributed by atoms with van der Waals surface area (Å²) in [4.78, 5) is 44.7. The van der Waals surface area contributed by atoms with E-state index in [0.717, 1.165) is 11.8 Å². The molecule has 1 aromatic rings. The fourth-order valence-corrected chi connectivity index (χ4v) is 2.07. The number of benzene rings is 1. The number of urea groups is 1. The van der Waals surface area contributed by atoms with Crippen molar-refractivity contribution in [3.8, 4) is 0 Å². The summed E-state index contributed by atoms with van der Waals surface area (Å²) in [5, 5.41) is 1.76. The van der Waals surface area contributed by atoms with Crippen LogP contribution in [0.3, 0.4) is 0 Å². The predicted octanol–water partition coefficient (Wildman–Crippen LogP) is -0.384. The lowest BCUT2D eigenvalue weighted by Crippen LogP contribution is -2.37. The van der Waals surface area contributed by atoms with Gasteiger partial charge in [0.2, 0.25) is 5.91 Å². The van der Waals surface area contributed by atoms with Gasteiger partial charge < -0.3 is 16.2 Å². The number of primary amides is 2. The summed E-state index contributed by atoms with van der Waals surface area (Å²) >= 11 is 1.08. The van der Waals surface area contributed by atoms with Gasteiger partial charge in [-0.3, -0.25) is 14.9 Å². The molecule has 0 heterocycles. The Balaban J connectivity index is 2.67. The lowest BCUT2D eigenvalue weighted by Gasteiger charge is -2.08. The first-order chi connectivity index (χ1) is 9.90. The molecule has 4 amide bonds. The van der Waals surface area contributed by atoms with Crippen LogP contribution in [0.5, 0.6) is 0 Å². The van der Waals surface area contributed by atoms with Crippen LogP contribution < -0.4 is 16.8 Å². The highest BCUT2D eigenvalue weighted by Crippen LogP contribution is 2.22. The summed E-state index contributed by atoms with van der Waals surface area (Å²) in [6.07, 6.45) is 0. The van der Waals surface area contributed by atoms with E-state index >= 15 is 0 Å². The van der Waals surface area contributed by atoms with Gasteiger partial charge in [-0.05, 0) is 12.1 Å². The van der Waals surface area contributed by atoms with E-state index in [1.165, 1.54) is 6.07 Å². The minimum absolute atomic E-state index is 0.00640. The molecule has 0 radical (unpaired) electrons. The third-order valence-electron chi connectivity index (χ3n) is 2.07. The number of hydrogen-bond donors (Lipinski definition) is 3. The van der Waals surface area contributed by atoms with Gasteiger partial charge in [0.05, 0.1) is 11.3 Å². The summed E-state index contributed by atoms with van der Waals surface area (Å²) in [6, 6.07) is 5.35. The van der Waals surface area contributed by atoms with E-state index in [0.29, 0.717) is 4.90 Å². The normalized spacial score (nSPS) is 9.71. The summed E-state index contributed by atoms with van der Waals surface area (Å²) in [5.74, 6) is -2.11. The number of nitrogens with one attached hydrogen (secondary N) is 1. The van der Waals surface area contributed by atoms with Crippen LogP contribution in [0.25, 0.3) is 0 Å². The van der Waals surface area contributed by atoms with Gasteiger partial charge in [0, 0.05) is 4.90 Å². The average Bonchev–Trinajstić information content (AvgIpc) is 2.42. The third-order valence-corrected chi connectivity index (χ3v) is 3.17. The molecule has 1 aromatic carbocycles. The molecule has 8 nitrogen and oxygen atoms in total. The molecule has 21 heavy (non-hydrogen) atoms. The maximum absolute atomic E-state index is 11.9. The minimum atomic E-state index is -1.03. The highest BCUT2D eigenvalue weighted by Gasteiger charge is 2.15. The second-order valence-corrected chi connectivity index (χ2v) is 4.76. The van der Waals surface area contributed by atoms with Crippen molar-refractivity contribution in [3.05, 3.63) is 29.8 Å². The Morgan fingerprint density at radius 1 is 1.14 bits per heavy atom. The van der Waals surface area contributed by atoms with Crippen LogP contribution in [0.2, 0.25) is 0 Å². The number of imide groups is 1. The Morgan fingerprint density at radius 2 is 1.81 bits per heavy atom. The SMILES string of the molecule is NC(=O)CSc1ccccc1C(=O)OCC(=O)NC(N)=O. The van der Waals surface area contributed by atoms with Crippen molar-refractivity contribution >= 4 is 35.6 Å². The number of ether oxygens (including phenoxy) is 1. The van der Waals surface area contributed by atoms with Crippen LogP contribution in [-0.2, 0) is 14.3 Å².